The van der Waals surface area contributed by atoms with Crippen molar-refractivity contribution in [2.75, 3.05) is 23.3 Å². The Morgan fingerprint density at radius 3 is 2.56 bits per heavy atom. The van der Waals surface area contributed by atoms with Crippen LogP contribution >= 0.6 is 11.6 Å². The monoisotopic (exact) mass is 357 g/mol. The van der Waals surface area contributed by atoms with Crippen molar-refractivity contribution in [2.24, 2.45) is 0 Å². The normalized spacial score (nSPS) is 17.6. The number of rotatable bonds is 2. The number of anilines is 2. The number of nitrogens with zero attached hydrogens (tertiary/aromatic N) is 2. The van der Waals surface area contributed by atoms with Crippen molar-refractivity contribution in [3.8, 4) is 0 Å². The Balaban J connectivity index is 1.70. The fourth-order valence-electron chi connectivity index (χ4n) is 2.88. The third-order valence-electron chi connectivity index (χ3n) is 4.34. The molecule has 6 heteroatoms. The van der Waals surface area contributed by atoms with Gasteiger partial charge in [-0.05, 0) is 44.2 Å². The van der Waals surface area contributed by atoms with E-state index in [1.807, 2.05) is 43.3 Å². The third kappa shape index (κ3) is 3.77. The van der Waals surface area contributed by atoms with E-state index < -0.39 is 6.04 Å². The minimum Gasteiger partial charge on any atom is -0.311 e. The molecule has 0 spiro atoms. The summed E-state index contributed by atoms with van der Waals surface area (Å²) in [7, 11) is 0. The number of aryl methyl sites for hydroxylation is 1. The van der Waals surface area contributed by atoms with Gasteiger partial charge in [0.05, 0.1) is 0 Å². The number of carbonyl (C=O) groups is 2. The number of urea groups is 1. The number of nitrogens with one attached hydrogen (secondary N) is 1. The van der Waals surface area contributed by atoms with Crippen LogP contribution in [0.15, 0.2) is 48.5 Å². The van der Waals surface area contributed by atoms with Gasteiger partial charge < -0.3 is 15.1 Å². The number of halogens is 1. The largest absolute Gasteiger partial charge is 0.322 e. The average Bonchev–Trinajstić information content (AvgIpc) is 2.59. The molecule has 5 nitrogen and oxygen atoms in total. The van der Waals surface area contributed by atoms with Gasteiger partial charge in [-0.1, -0.05) is 35.4 Å². The molecule has 1 aliphatic rings. The third-order valence-corrected chi connectivity index (χ3v) is 4.57. The molecule has 3 rings (SSSR count). The summed E-state index contributed by atoms with van der Waals surface area (Å²) in [6.45, 7) is 4.62. The van der Waals surface area contributed by atoms with Crippen LogP contribution in [0.1, 0.15) is 12.5 Å². The van der Waals surface area contributed by atoms with E-state index in [2.05, 4.69) is 5.32 Å². The van der Waals surface area contributed by atoms with Gasteiger partial charge in [0.15, 0.2) is 0 Å². The van der Waals surface area contributed by atoms with E-state index in [4.69, 9.17) is 11.6 Å². The van der Waals surface area contributed by atoms with Crippen LogP contribution in [-0.4, -0.2) is 36.0 Å². The van der Waals surface area contributed by atoms with E-state index in [1.54, 1.807) is 28.9 Å². The van der Waals surface area contributed by atoms with Crippen LogP contribution in [0, 0.1) is 6.92 Å². The Kier molecular flexibility index (Phi) is 4.95. The molecule has 1 unspecified atom stereocenters. The second-order valence-corrected chi connectivity index (χ2v) is 6.57. The van der Waals surface area contributed by atoms with Gasteiger partial charge in [-0.25, -0.2) is 4.79 Å². The molecule has 2 aromatic rings. The van der Waals surface area contributed by atoms with Crippen molar-refractivity contribution in [1.82, 2.24) is 4.90 Å². The van der Waals surface area contributed by atoms with Crippen LogP contribution in [0.2, 0.25) is 5.02 Å². The Labute approximate surface area is 152 Å². The van der Waals surface area contributed by atoms with Crippen LogP contribution in [0.25, 0.3) is 0 Å². The van der Waals surface area contributed by atoms with Crippen LogP contribution in [-0.2, 0) is 4.79 Å². The molecule has 0 saturated carbocycles. The number of piperazine rings is 1. The van der Waals surface area contributed by atoms with E-state index in [0.717, 1.165) is 11.3 Å². The Morgan fingerprint density at radius 1 is 1.16 bits per heavy atom. The van der Waals surface area contributed by atoms with Crippen LogP contribution in [0.4, 0.5) is 16.2 Å². The quantitative estimate of drug-likeness (QED) is 0.885. The SMILES string of the molecule is Cc1ccc(NC(=O)N2CCN(c3cccc(Cl)c3)C(=O)C2C)cc1. The Morgan fingerprint density at radius 2 is 1.88 bits per heavy atom. The van der Waals surface area contributed by atoms with Crippen molar-refractivity contribution in [1.29, 1.82) is 0 Å². The zero-order valence-corrected chi connectivity index (χ0v) is 15.0. The summed E-state index contributed by atoms with van der Waals surface area (Å²) >= 11 is 6.02. The molecule has 1 N–H and O–H groups in total. The van der Waals surface area contributed by atoms with Gasteiger partial charge >= 0.3 is 6.03 Å². The molecule has 1 aliphatic heterocycles. The van der Waals surface area contributed by atoms with E-state index in [0.29, 0.717) is 23.8 Å². The highest BCUT2D eigenvalue weighted by Crippen LogP contribution is 2.24. The fraction of sp³-hybridized carbons (Fsp3) is 0.263. The van der Waals surface area contributed by atoms with Gasteiger partial charge in [-0.3, -0.25) is 4.79 Å². The van der Waals surface area contributed by atoms with Crippen LogP contribution < -0.4 is 10.2 Å². The highest BCUT2D eigenvalue weighted by Gasteiger charge is 2.35. The molecule has 1 heterocycles. The van der Waals surface area contributed by atoms with E-state index in [9.17, 15) is 9.59 Å². The lowest BCUT2D eigenvalue weighted by molar-refractivity contribution is -0.123. The maximum absolute atomic E-state index is 12.7. The number of hydrogen-bond donors (Lipinski definition) is 1. The predicted octanol–water partition coefficient (Wildman–Crippen LogP) is 3.92. The highest BCUT2D eigenvalue weighted by molar-refractivity contribution is 6.31. The van der Waals surface area contributed by atoms with Gasteiger partial charge in [-0.2, -0.15) is 0 Å². The van der Waals surface area contributed by atoms with Gasteiger partial charge in [0.25, 0.3) is 0 Å². The lowest BCUT2D eigenvalue weighted by Gasteiger charge is -2.39. The molecule has 1 fully saturated rings. The van der Waals surface area contributed by atoms with Crippen molar-refractivity contribution in [3.05, 3.63) is 59.1 Å². The van der Waals surface area contributed by atoms with Gasteiger partial charge in [0, 0.05) is 29.5 Å². The predicted molar refractivity (Wildman–Crippen MR) is 100 cm³/mol. The Bertz CT molecular complexity index is 792. The molecule has 2 aromatic carbocycles. The van der Waals surface area contributed by atoms with Crippen molar-refractivity contribution >= 4 is 34.9 Å². The van der Waals surface area contributed by atoms with E-state index in [1.165, 1.54) is 0 Å². The van der Waals surface area contributed by atoms with Crippen molar-refractivity contribution < 1.29 is 9.59 Å². The summed E-state index contributed by atoms with van der Waals surface area (Å²) in [5, 5.41) is 3.43. The molecule has 0 radical (unpaired) electrons. The lowest BCUT2D eigenvalue weighted by atomic mass is 10.1. The van der Waals surface area contributed by atoms with Crippen LogP contribution in [0.3, 0.4) is 0 Å². The smallest absolute Gasteiger partial charge is 0.311 e. The number of carbonyl (C=O) groups excluding carboxylic acids is 2. The maximum atomic E-state index is 12.7. The maximum Gasteiger partial charge on any atom is 0.322 e. The summed E-state index contributed by atoms with van der Waals surface area (Å²) in [6.07, 6.45) is 0. The Hall–Kier alpha value is -2.53. The summed E-state index contributed by atoms with van der Waals surface area (Å²) < 4.78 is 0. The number of amides is 3. The minimum absolute atomic E-state index is 0.118. The molecule has 0 bridgehead atoms. The molecule has 0 aliphatic carbocycles. The molecular formula is C19H20ClN3O2. The molecular weight excluding hydrogens is 338 g/mol. The van der Waals surface area contributed by atoms with E-state index >= 15 is 0 Å². The average molecular weight is 358 g/mol. The summed E-state index contributed by atoms with van der Waals surface area (Å²) in [5.41, 5.74) is 2.59. The number of hydrogen-bond acceptors (Lipinski definition) is 2. The van der Waals surface area contributed by atoms with Gasteiger partial charge in [0.1, 0.15) is 6.04 Å². The molecule has 130 valence electrons. The van der Waals surface area contributed by atoms with E-state index in [-0.39, 0.29) is 11.9 Å². The molecule has 1 atom stereocenters. The molecule has 1 saturated heterocycles. The first kappa shape index (κ1) is 17.3. The van der Waals surface area contributed by atoms with Crippen molar-refractivity contribution in [2.45, 2.75) is 19.9 Å². The van der Waals surface area contributed by atoms with Crippen molar-refractivity contribution in [3.63, 3.8) is 0 Å². The molecule has 0 aromatic heterocycles. The zero-order valence-electron chi connectivity index (χ0n) is 14.2. The van der Waals surface area contributed by atoms with Crippen LogP contribution in [0.5, 0.6) is 0 Å². The number of benzene rings is 2. The molecule has 25 heavy (non-hydrogen) atoms. The molecule has 3 amide bonds. The fourth-order valence-corrected chi connectivity index (χ4v) is 3.06. The first-order chi connectivity index (χ1) is 12.0. The first-order valence-electron chi connectivity index (χ1n) is 8.17. The highest BCUT2D eigenvalue weighted by atomic mass is 35.5. The zero-order chi connectivity index (χ0) is 18.0. The second kappa shape index (κ2) is 7.15. The summed E-state index contributed by atoms with van der Waals surface area (Å²) in [6, 6.07) is 13.9. The summed E-state index contributed by atoms with van der Waals surface area (Å²) in [5.74, 6) is -0.118. The first-order valence-corrected chi connectivity index (χ1v) is 8.55. The lowest BCUT2D eigenvalue weighted by Crippen LogP contribution is -2.58. The topological polar surface area (TPSA) is 52.7 Å². The second-order valence-electron chi connectivity index (χ2n) is 6.14. The van der Waals surface area contributed by atoms with Gasteiger partial charge in [0.2, 0.25) is 5.91 Å². The standard InChI is InChI=1S/C19H20ClN3O2/c1-13-6-8-16(9-7-13)21-19(25)22-10-11-23(18(24)14(22)2)17-5-3-4-15(20)12-17/h3-9,12,14H,10-11H2,1-2H3,(H,21,25). The summed E-state index contributed by atoms with van der Waals surface area (Å²) in [4.78, 5) is 28.5. The van der Waals surface area contributed by atoms with Gasteiger partial charge in [-0.15, -0.1) is 0 Å². The minimum atomic E-state index is -0.543.